The van der Waals surface area contributed by atoms with E-state index in [0.717, 1.165) is 10.5 Å². The molecule has 21 heteroatoms. The highest BCUT2D eigenvalue weighted by molar-refractivity contribution is 7.98. The van der Waals surface area contributed by atoms with Crippen molar-refractivity contribution in [2.24, 2.45) is 11.8 Å². The summed E-state index contributed by atoms with van der Waals surface area (Å²) in [6.45, 7) is 21.1. The fraction of sp³-hybridized carbons (Fsp3) is 0.440. The number of esters is 3. The van der Waals surface area contributed by atoms with E-state index in [-0.39, 0.29) is 64.4 Å². The van der Waals surface area contributed by atoms with Crippen molar-refractivity contribution in [3.63, 3.8) is 0 Å². The number of halogens is 1. The zero-order chi connectivity index (χ0) is 52.8. The van der Waals surface area contributed by atoms with Crippen LogP contribution in [-0.4, -0.2) is 101 Å². The molecule has 1 unspecified atom stereocenters. The van der Waals surface area contributed by atoms with Crippen LogP contribution in [0.15, 0.2) is 64.2 Å². The summed E-state index contributed by atoms with van der Waals surface area (Å²) in [5, 5.41) is 13.7. The highest BCUT2D eigenvalue weighted by Gasteiger charge is 2.29. The molecule has 2 aromatic carbocycles. The molecule has 0 radical (unpaired) electrons. The molecule has 0 fully saturated rings. The molecule has 0 aliphatic carbocycles. The topological polar surface area (TPSA) is 257 Å². The van der Waals surface area contributed by atoms with Crippen LogP contribution in [0, 0.1) is 29.7 Å². The minimum absolute atomic E-state index is 0.0361. The van der Waals surface area contributed by atoms with Gasteiger partial charge >= 0.3 is 24.0 Å². The average molecular weight is 1020 g/mol. The van der Waals surface area contributed by atoms with Gasteiger partial charge in [-0.2, -0.15) is 5.26 Å². The molecule has 4 rings (SSSR count). The number of likely N-dealkylation sites (N-methyl/N-ethyl adjacent to an activating group) is 1. The third kappa shape index (κ3) is 17.6. The Balaban J connectivity index is 1.48. The standard InChI is InChI=1S/C50H58ClN7O12S/c1-28(20-35(59)21-29(2)46(62)69-49(4,5)6)45(61)67-26-37(68-47(63)30(3)55-39(60)23-58(11)48(64)70-50(7,8)9)25-65-36-18-14-31(15-19-36)40-38(22-52)44(57-42(53)41(40)54-10)71-27-34-24-66-43(56-34)32-12-16-33(51)17-13-32/h12-19,24,28-30,37H,20-21,23,25-27H2,1-9,11H3,(H2,53,57)(H,55,60)/t28-,29?,30+,37+/m1/s1. The maximum Gasteiger partial charge on any atom is 0.410 e. The largest absolute Gasteiger partial charge is 0.490 e. The van der Waals surface area contributed by atoms with Crippen LogP contribution < -0.4 is 15.8 Å². The Hall–Kier alpha value is -7.16. The van der Waals surface area contributed by atoms with Crippen molar-refractivity contribution in [2.45, 2.75) is 109 Å². The molecule has 0 aliphatic heterocycles. The maximum atomic E-state index is 13.4. The maximum absolute atomic E-state index is 13.4. The van der Waals surface area contributed by atoms with Crippen molar-refractivity contribution in [3.05, 3.63) is 82.5 Å². The molecule has 0 spiro atoms. The molecule has 0 saturated heterocycles. The zero-order valence-corrected chi connectivity index (χ0v) is 42.8. The summed E-state index contributed by atoms with van der Waals surface area (Å²) in [7, 11) is 1.36. The summed E-state index contributed by atoms with van der Waals surface area (Å²) in [5.41, 5.74) is 6.76. The lowest BCUT2D eigenvalue weighted by molar-refractivity contribution is -0.164. The Morgan fingerprint density at radius 2 is 1.49 bits per heavy atom. The SMILES string of the molecule is [C-]#[N+]c1c(N)nc(SCc2coc(-c3ccc(Cl)cc3)n2)c(C#N)c1-c1ccc(OC[C@@H](COC(=O)[C@H](C)CC(=O)CC(C)C(=O)OC(C)(C)C)OC(=O)[C@H](C)NC(=O)CN(C)C(=O)OC(C)(C)C)cc1. The molecule has 3 N–H and O–H groups in total. The highest BCUT2D eigenvalue weighted by Crippen LogP contribution is 2.42. The Morgan fingerprint density at radius 1 is 0.887 bits per heavy atom. The number of nitrogens with two attached hydrogens (primary N) is 1. The minimum Gasteiger partial charge on any atom is -0.490 e. The molecule has 4 atom stereocenters. The van der Waals surface area contributed by atoms with Crippen LogP contribution >= 0.6 is 23.4 Å². The molecule has 378 valence electrons. The van der Waals surface area contributed by atoms with Gasteiger partial charge in [-0.05, 0) is 90.4 Å². The van der Waals surface area contributed by atoms with Gasteiger partial charge in [-0.1, -0.05) is 49.3 Å². The number of thioether (sulfide) groups is 1. The van der Waals surface area contributed by atoms with Gasteiger partial charge in [0.05, 0.1) is 29.7 Å². The lowest BCUT2D eigenvalue weighted by Crippen LogP contribution is -2.47. The van der Waals surface area contributed by atoms with E-state index in [4.69, 9.17) is 52.0 Å². The first-order valence-corrected chi connectivity index (χ1v) is 23.7. The number of benzene rings is 2. The Labute approximate surface area is 421 Å². The molecule has 2 aromatic heterocycles. The Morgan fingerprint density at radius 3 is 2.08 bits per heavy atom. The first kappa shape index (κ1) is 56.4. The summed E-state index contributed by atoms with van der Waals surface area (Å²) in [4.78, 5) is 90.5. The fourth-order valence-corrected chi connectivity index (χ4v) is 7.32. The lowest BCUT2D eigenvalue weighted by Gasteiger charge is -2.25. The summed E-state index contributed by atoms with van der Waals surface area (Å²) < 4.78 is 33.4. The van der Waals surface area contributed by atoms with E-state index in [9.17, 15) is 34.0 Å². The van der Waals surface area contributed by atoms with Gasteiger partial charge in [-0.15, -0.1) is 0 Å². The number of carbonyl (C=O) groups is 6. The van der Waals surface area contributed by atoms with Crippen molar-refractivity contribution >= 4 is 70.6 Å². The van der Waals surface area contributed by atoms with Gasteiger partial charge in [-0.25, -0.2) is 24.4 Å². The fourth-order valence-electron chi connectivity index (χ4n) is 6.32. The zero-order valence-electron chi connectivity index (χ0n) is 41.2. The van der Waals surface area contributed by atoms with Gasteiger partial charge in [0.15, 0.2) is 6.10 Å². The van der Waals surface area contributed by atoms with Gasteiger partial charge in [0.2, 0.25) is 17.5 Å². The molecule has 2 amide bonds. The van der Waals surface area contributed by atoms with Crippen LogP contribution in [0.2, 0.25) is 5.02 Å². The van der Waals surface area contributed by atoms with Gasteiger partial charge < -0.3 is 44.1 Å². The third-order valence-corrected chi connectivity index (χ3v) is 11.0. The van der Waals surface area contributed by atoms with E-state index in [2.05, 4.69) is 26.2 Å². The van der Waals surface area contributed by atoms with Crippen LogP contribution in [0.1, 0.15) is 86.4 Å². The van der Waals surface area contributed by atoms with Gasteiger partial charge in [0, 0.05) is 41.8 Å². The number of amides is 2. The number of ketones is 1. The van der Waals surface area contributed by atoms with Crippen LogP contribution in [-0.2, 0) is 48.7 Å². The molecular weight excluding hydrogens is 958 g/mol. The monoisotopic (exact) mass is 1020 g/mol. The van der Waals surface area contributed by atoms with Crippen LogP contribution in [0.3, 0.4) is 0 Å². The number of nitrogens with one attached hydrogen (secondary N) is 1. The summed E-state index contributed by atoms with van der Waals surface area (Å²) in [5.74, 6) is -4.21. The number of nitrogens with zero attached hydrogens (tertiary/aromatic N) is 5. The van der Waals surface area contributed by atoms with Crippen LogP contribution in [0.25, 0.3) is 27.4 Å². The number of carbonyl (C=O) groups excluding carboxylic acids is 6. The van der Waals surface area contributed by atoms with Crippen LogP contribution in [0.5, 0.6) is 5.75 Å². The van der Waals surface area contributed by atoms with E-state index in [1.54, 1.807) is 97.0 Å². The first-order valence-electron chi connectivity index (χ1n) is 22.3. The van der Waals surface area contributed by atoms with Gasteiger partial charge in [0.25, 0.3) is 0 Å². The molecule has 19 nitrogen and oxygen atoms in total. The van der Waals surface area contributed by atoms with Crippen molar-refractivity contribution < 1.29 is 56.9 Å². The molecule has 0 saturated carbocycles. The average Bonchev–Trinajstić information content (AvgIpc) is 3.76. The smallest absolute Gasteiger partial charge is 0.410 e. The predicted octanol–water partition coefficient (Wildman–Crippen LogP) is 8.52. The van der Waals surface area contributed by atoms with Crippen molar-refractivity contribution in [1.29, 1.82) is 5.26 Å². The normalized spacial score (nSPS) is 13.0. The Kier molecular flexibility index (Phi) is 20.0. The number of nitriles is 1. The van der Waals surface area contributed by atoms with Crippen molar-refractivity contribution in [3.8, 4) is 34.4 Å². The second-order valence-electron chi connectivity index (χ2n) is 18.5. The van der Waals surface area contributed by atoms with E-state index in [1.165, 1.54) is 38.9 Å². The number of anilines is 1. The molecular formula is C50H58ClN7O12S. The van der Waals surface area contributed by atoms with E-state index in [0.29, 0.717) is 22.2 Å². The molecule has 0 aliphatic rings. The molecule has 2 heterocycles. The third-order valence-electron chi connectivity index (χ3n) is 9.76. The summed E-state index contributed by atoms with van der Waals surface area (Å²) in [6.07, 6.45) is -0.904. The summed E-state index contributed by atoms with van der Waals surface area (Å²) in [6, 6.07) is 14.2. The Bertz CT molecular complexity index is 2650. The molecule has 71 heavy (non-hydrogen) atoms. The van der Waals surface area contributed by atoms with Crippen molar-refractivity contribution in [1.82, 2.24) is 20.2 Å². The van der Waals surface area contributed by atoms with Gasteiger partial charge in [-0.3, -0.25) is 19.2 Å². The summed E-state index contributed by atoms with van der Waals surface area (Å²) >= 11 is 7.20. The number of nitrogen functional groups attached to an aromatic ring is 1. The number of pyridine rings is 1. The van der Waals surface area contributed by atoms with Crippen LogP contribution in [0.4, 0.5) is 16.3 Å². The number of hydrogen-bond acceptors (Lipinski definition) is 17. The number of ether oxygens (including phenoxy) is 5. The molecule has 0 bridgehead atoms. The number of oxazole rings is 1. The lowest BCUT2D eigenvalue weighted by atomic mass is 9.97. The minimum atomic E-state index is -1.25. The number of aromatic nitrogens is 2. The molecule has 4 aromatic rings. The highest BCUT2D eigenvalue weighted by atomic mass is 35.5. The second-order valence-corrected chi connectivity index (χ2v) is 19.9. The van der Waals surface area contributed by atoms with E-state index >= 15 is 0 Å². The number of hydrogen-bond donors (Lipinski definition) is 2. The van der Waals surface area contributed by atoms with Gasteiger partial charge in [0.1, 0.15) is 71.7 Å². The number of rotatable bonds is 21. The van der Waals surface area contributed by atoms with E-state index < -0.39 is 78.2 Å². The second kappa shape index (κ2) is 25.1. The first-order chi connectivity index (χ1) is 33.3. The van der Waals surface area contributed by atoms with E-state index in [1.807, 2.05) is 0 Å². The number of Topliss-reactive ketones (excluding diaryl/α,β-unsaturated/α-hetero) is 1. The quantitative estimate of drug-likeness (QED) is 0.0343. The predicted molar refractivity (Wildman–Crippen MR) is 263 cm³/mol. The van der Waals surface area contributed by atoms with Crippen molar-refractivity contribution in [2.75, 3.05) is 32.5 Å².